The Morgan fingerprint density at radius 2 is 2.06 bits per heavy atom. The number of methoxy groups -OCH3 is 1. The van der Waals surface area contributed by atoms with Crippen molar-refractivity contribution in [2.24, 2.45) is 0 Å². The van der Waals surface area contributed by atoms with E-state index in [0.29, 0.717) is 16.9 Å². The molecule has 0 amide bonds. The minimum Gasteiger partial charge on any atom is -0.496 e. The highest BCUT2D eigenvalue weighted by Gasteiger charge is 2.14. The van der Waals surface area contributed by atoms with Gasteiger partial charge in [-0.3, -0.25) is 4.57 Å². The van der Waals surface area contributed by atoms with Crippen LogP contribution in [0.4, 0.5) is 0 Å². The molecule has 1 aromatic carbocycles. The summed E-state index contributed by atoms with van der Waals surface area (Å²) < 4.78 is 7.13. The molecule has 0 bridgehead atoms. The predicted octanol–water partition coefficient (Wildman–Crippen LogP) is 3.20. The van der Waals surface area contributed by atoms with Crippen LogP contribution in [-0.2, 0) is 13.0 Å². The van der Waals surface area contributed by atoms with E-state index in [1.807, 2.05) is 29.7 Å². The highest BCUT2D eigenvalue weighted by Crippen LogP contribution is 2.28. The van der Waals surface area contributed by atoms with Crippen LogP contribution in [-0.4, -0.2) is 21.9 Å². The summed E-state index contributed by atoms with van der Waals surface area (Å²) in [5.74, 6) is 1.55. The highest BCUT2D eigenvalue weighted by atomic mass is 35.5. The van der Waals surface area contributed by atoms with Gasteiger partial charge in [-0.1, -0.05) is 24.6 Å². The van der Waals surface area contributed by atoms with Gasteiger partial charge in [0.15, 0.2) is 0 Å². The van der Waals surface area contributed by atoms with E-state index in [1.54, 1.807) is 7.11 Å². The van der Waals surface area contributed by atoms with E-state index in [4.69, 9.17) is 27.9 Å². The third-order valence-electron chi connectivity index (χ3n) is 2.71. The van der Waals surface area contributed by atoms with Gasteiger partial charge in [-0.15, -0.1) is 10.2 Å². The van der Waals surface area contributed by atoms with Crippen molar-refractivity contribution in [1.82, 2.24) is 14.8 Å². The fourth-order valence-corrected chi connectivity index (χ4v) is 2.19. The topological polar surface area (TPSA) is 39.9 Å². The van der Waals surface area contributed by atoms with E-state index in [-0.39, 0.29) is 0 Å². The maximum absolute atomic E-state index is 6.20. The monoisotopic (exact) mass is 285 g/mol. The lowest BCUT2D eigenvalue weighted by Gasteiger charge is -2.12. The Labute approximate surface area is 115 Å². The van der Waals surface area contributed by atoms with Crippen LogP contribution in [0.25, 0.3) is 0 Å². The van der Waals surface area contributed by atoms with E-state index >= 15 is 0 Å². The van der Waals surface area contributed by atoms with Crippen molar-refractivity contribution in [3.8, 4) is 5.75 Å². The second kappa shape index (κ2) is 5.59. The van der Waals surface area contributed by atoms with Crippen LogP contribution in [0.2, 0.25) is 10.3 Å². The van der Waals surface area contributed by atoms with Crippen molar-refractivity contribution in [1.29, 1.82) is 0 Å². The summed E-state index contributed by atoms with van der Waals surface area (Å²) in [4.78, 5) is 0. The van der Waals surface area contributed by atoms with Crippen molar-refractivity contribution in [2.45, 2.75) is 19.9 Å². The fourth-order valence-electron chi connectivity index (χ4n) is 1.77. The largest absolute Gasteiger partial charge is 0.496 e. The molecule has 0 aliphatic rings. The smallest absolute Gasteiger partial charge is 0.225 e. The number of nitrogens with zero attached hydrogens (tertiary/aromatic N) is 3. The maximum atomic E-state index is 6.20. The lowest BCUT2D eigenvalue weighted by atomic mass is 10.2. The van der Waals surface area contributed by atoms with E-state index in [2.05, 4.69) is 10.2 Å². The van der Waals surface area contributed by atoms with Crippen molar-refractivity contribution >= 4 is 23.2 Å². The molecule has 4 nitrogen and oxygen atoms in total. The van der Waals surface area contributed by atoms with E-state index in [1.165, 1.54) is 0 Å². The molecule has 18 heavy (non-hydrogen) atoms. The molecular weight excluding hydrogens is 273 g/mol. The van der Waals surface area contributed by atoms with Crippen LogP contribution in [0, 0.1) is 0 Å². The van der Waals surface area contributed by atoms with Crippen LogP contribution in [0.15, 0.2) is 18.2 Å². The van der Waals surface area contributed by atoms with Gasteiger partial charge in [0.05, 0.1) is 13.7 Å². The Bertz CT molecular complexity index is 554. The number of hydrogen-bond donors (Lipinski definition) is 0. The molecule has 0 aliphatic heterocycles. The molecule has 2 rings (SSSR count). The molecule has 0 spiro atoms. The minimum atomic E-state index is 0.355. The summed E-state index contributed by atoms with van der Waals surface area (Å²) in [6.07, 6.45) is 0.756. The van der Waals surface area contributed by atoms with Crippen LogP contribution in [0.1, 0.15) is 18.3 Å². The molecule has 0 saturated heterocycles. The Balaban J connectivity index is 2.42. The Kier molecular flexibility index (Phi) is 4.09. The molecule has 0 aliphatic carbocycles. The average Bonchev–Trinajstić information content (AvgIpc) is 2.73. The molecule has 0 N–H and O–H groups in total. The second-order valence-electron chi connectivity index (χ2n) is 3.75. The van der Waals surface area contributed by atoms with Crippen LogP contribution >= 0.6 is 23.2 Å². The third kappa shape index (κ3) is 2.44. The summed E-state index contributed by atoms with van der Waals surface area (Å²) in [7, 11) is 1.61. The number of ether oxygens (including phenoxy) is 1. The Morgan fingerprint density at radius 3 is 2.72 bits per heavy atom. The van der Waals surface area contributed by atoms with Crippen molar-refractivity contribution in [3.63, 3.8) is 0 Å². The molecule has 0 fully saturated rings. The Hall–Kier alpha value is -1.26. The van der Waals surface area contributed by atoms with Crippen LogP contribution in [0.5, 0.6) is 5.75 Å². The second-order valence-corrected chi connectivity index (χ2v) is 4.49. The molecule has 0 saturated carbocycles. The first-order valence-electron chi connectivity index (χ1n) is 5.56. The van der Waals surface area contributed by atoms with Gasteiger partial charge < -0.3 is 4.74 Å². The third-order valence-corrected chi connectivity index (χ3v) is 3.34. The zero-order valence-corrected chi connectivity index (χ0v) is 11.7. The van der Waals surface area contributed by atoms with Gasteiger partial charge in [0.2, 0.25) is 5.28 Å². The molecule has 6 heteroatoms. The van der Waals surface area contributed by atoms with E-state index in [9.17, 15) is 0 Å². The van der Waals surface area contributed by atoms with Crippen LogP contribution < -0.4 is 4.74 Å². The molecule has 0 atom stereocenters. The van der Waals surface area contributed by atoms with Gasteiger partial charge in [0, 0.05) is 17.0 Å². The number of aromatic nitrogens is 3. The number of halogens is 2. The zero-order valence-electron chi connectivity index (χ0n) is 10.2. The summed E-state index contributed by atoms with van der Waals surface area (Å²) in [6, 6.07) is 5.54. The van der Waals surface area contributed by atoms with Gasteiger partial charge >= 0.3 is 0 Å². The SMILES string of the molecule is CCc1nnc(Cl)n1Cc1c(Cl)cccc1OC. The Morgan fingerprint density at radius 1 is 1.28 bits per heavy atom. The minimum absolute atomic E-state index is 0.355. The molecule has 0 unspecified atom stereocenters. The summed E-state index contributed by atoms with van der Waals surface area (Å²) >= 11 is 12.2. The standard InChI is InChI=1S/C12H13Cl2N3O/c1-3-11-15-16-12(14)17(11)7-8-9(13)5-4-6-10(8)18-2/h4-6H,3,7H2,1-2H3. The molecule has 2 aromatic rings. The first-order valence-corrected chi connectivity index (χ1v) is 6.32. The van der Waals surface area contributed by atoms with Gasteiger partial charge in [-0.2, -0.15) is 0 Å². The molecule has 0 radical (unpaired) electrons. The van der Waals surface area contributed by atoms with Crippen molar-refractivity contribution in [3.05, 3.63) is 39.9 Å². The number of rotatable bonds is 4. The van der Waals surface area contributed by atoms with E-state index < -0.39 is 0 Å². The van der Waals surface area contributed by atoms with Crippen LogP contribution in [0.3, 0.4) is 0 Å². The van der Waals surface area contributed by atoms with Crippen molar-refractivity contribution < 1.29 is 4.74 Å². The maximum Gasteiger partial charge on any atom is 0.225 e. The van der Waals surface area contributed by atoms with Gasteiger partial charge in [-0.25, -0.2) is 0 Å². The number of aryl methyl sites for hydroxylation is 1. The summed E-state index contributed by atoms with van der Waals surface area (Å²) in [5, 5.41) is 8.87. The molecular formula is C12H13Cl2N3O. The van der Waals surface area contributed by atoms with Gasteiger partial charge in [0.25, 0.3) is 0 Å². The number of benzene rings is 1. The summed E-state index contributed by atoms with van der Waals surface area (Å²) in [6.45, 7) is 2.50. The highest BCUT2D eigenvalue weighted by molar-refractivity contribution is 6.31. The predicted molar refractivity (Wildman–Crippen MR) is 71.5 cm³/mol. The lowest BCUT2D eigenvalue weighted by molar-refractivity contribution is 0.408. The normalized spacial score (nSPS) is 10.7. The first-order chi connectivity index (χ1) is 8.67. The van der Waals surface area contributed by atoms with Gasteiger partial charge in [0.1, 0.15) is 11.6 Å². The fraction of sp³-hybridized carbons (Fsp3) is 0.333. The molecule has 1 aromatic heterocycles. The summed E-state index contributed by atoms with van der Waals surface area (Å²) in [5.41, 5.74) is 0.873. The number of hydrogen-bond acceptors (Lipinski definition) is 3. The van der Waals surface area contributed by atoms with Gasteiger partial charge in [-0.05, 0) is 23.7 Å². The quantitative estimate of drug-likeness (QED) is 0.866. The zero-order chi connectivity index (χ0) is 13.1. The first kappa shape index (κ1) is 13.2. The average molecular weight is 286 g/mol. The molecule has 96 valence electrons. The lowest BCUT2D eigenvalue weighted by Crippen LogP contribution is -2.06. The van der Waals surface area contributed by atoms with Crippen molar-refractivity contribution in [2.75, 3.05) is 7.11 Å². The van der Waals surface area contributed by atoms with E-state index in [0.717, 1.165) is 23.6 Å². The molecule has 1 heterocycles.